The number of nitrogens with two attached hydrogens (primary N) is 1. The van der Waals surface area contributed by atoms with Crippen LogP contribution in [0.5, 0.6) is 0 Å². The van der Waals surface area contributed by atoms with Crippen molar-refractivity contribution >= 4 is 11.7 Å². The molecular formula is C8H16N2O2. The second-order valence-corrected chi connectivity index (χ2v) is 3.23. The van der Waals surface area contributed by atoms with Gasteiger partial charge in [-0.05, 0) is 12.8 Å². The first-order chi connectivity index (χ1) is 5.37. The first-order valence-electron chi connectivity index (χ1n) is 3.92. The van der Waals surface area contributed by atoms with Crippen molar-refractivity contribution in [3.8, 4) is 0 Å². The number of rotatable bonds is 3. The van der Waals surface area contributed by atoms with Gasteiger partial charge in [-0.3, -0.25) is 14.6 Å². The fourth-order valence-corrected chi connectivity index (χ4v) is 1.18. The molecule has 1 unspecified atom stereocenters. The van der Waals surface area contributed by atoms with Crippen molar-refractivity contribution in [1.82, 2.24) is 5.01 Å². The van der Waals surface area contributed by atoms with Crippen molar-refractivity contribution in [3.63, 3.8) is 0 Å². The Morgan fingerprint density at radius 1 is 1.25 bits per heavy atom. The van der Waals surface area contributed by atoms with Crippen LogP contribution in [0.1, 0.15) is 27.7 Å². The molecule has 0 saturated carbocycles. The van der Waals surface area contributed by atoms with Crippen molar-refractivity contribution in [2.75, 3.05) is 0 Å². The molecule has 70 valence electrons. The lowest BCUT2D eigenvalue weighted by molar-refractivity contribution is -0.139. The lowest BCUT2D eigenvalue weighted by Gasteiger charge is -2.27. The maximum absolute atomic E-state index is 11.1. The molecule has 4 nitrogen and oxygen atoms in total. The summed E-state index contributed by atoms with van der Waals surface area (Å²) in [7, 11) is 0. The summed E-state index contributed by atoms with van der Waals surface area (Å²) in [6.07, 6.45) is 0. The molecule has 0 saturated heterocycles. The minimum Gasteiger partial charge on any atom is -0.298 e. The average Bonchev–Trinajstić information content (AvgIpc) is 1.85. The van der Waals surface area contributed by atoms with E-state index in [1.807, 2.05) is 13.8 Å². The molecule has 0 aromatic carbocycles. The number of nitrogens with zero attached hydrogens (tertiary/aromatic N) is 1. The number of Topliss-reactive ketones (excluding diaryl/α,β-unsaturated/α-hetero) is 1. The zero-order valence-corrected chi connectivity index (χ0v) is 8.00. The molecule has 0 fully saturated rings. The number of amides is 1. The first-order valence-corrected chi connectivity index (χ1v) is 3.92. The van der Waals surface area contributed by atoms with Crippen LogP contribution in [0.25, 0.3) is 0 Å². The molecule has 4 heteroatoms. The smallest absolute Gasteiger partial charge is 0.234 e. The number of ketones is 1. The van der Waals surface area contributed by atoms with Gasteiger partial charge >= 0.3 is 0 Å². The Hall–Kier alpha value is -0.900. The number of hydrogen-bond donors (Lipinski definition) is 1. The second kappa shape index (κ2) is 4.21. The molecule has 0 spiro atoms. The van der Waals surface area contributed by atoms with E-state index in [-0.39, 0.29) is 17.6 Å². The molecule has 0 aromatic rings. The maximum Gasteiger partial charge on any atom is 0.234 e. The third-order valence-electron chi connectivity index (χ3n) is 1.71. The fraction of sp³-hybridized carbons (Fsp3) is 0.750. The van der Waals surface area contributed by atoms with Gasteiger partial charge in [0.2, 0.25) is 5.91 Å². The van der Waals surface area contributed by atoms with E-state index in [0.29, 0.717) is 0 Å². The minimum atomic E-state index is -0.498. The Morgan fingerprint density at radius 2 is 1.67 bits per heavy atom. The van der Waals surface area contributed by atoms with E-state index in [2.05, 4.69) is 0 Å². The molecule has 12 heavy (non-hydrogen) atoms. The minimum absolute atomic E-state index is 0.0522. The van der Waals surface area contributed by atoms with Gasteiger partial charge in [0.15, 0.2) is 5.78 Å². The molecule has 0 heterocycles. The topological polar surface area (TPSA) is 63.4 Å². The first kappa shape index (κ1) is 11.1. The Balaban J connectivity index is 4.51. The highest BCUT2D eigenvalue weighted by Gasteiger charge is 2.25. The van der Waals surface area contributed by atoms with E-state index in [9.17, 15) is 9.59 Å². The highest BCUT2D eigenvalue weighted by Crippen LogP contribution is 2.08. The standard InChI is InChI=1S/C8H16N2O2/c1-5(2)8(6(3)11)10(9)7(4)12/h5,8H,9H2,1-4H3. The van der Waals surface area contributed by atoms with Crippen LogP contribution in [0.4, 0.5) is 0 Å². The summed E-state index contributed by atoms with van der Waals surface area (Å²) < 4.78 is 0. The molecule has 1 atom stereocenters. The molecule has 0 aliphatic carbocycles. The van der Waals surface area contributed by atoms with Crippen LogP contribution in [0, 0.1) is 5.92 Å². The molecule has 0 aromatic heterocycles. The van der Waals surface area contributed by atoms with E-state index < -0.39 is 6.04 Å². The van der Waals surface area contributed by atoms with Crippen molar-refractivity contribution in [2.45, 2.75) is 33.7 Å². The van der Waals surface area contributed by atoms with Crippen molar-refractivity contribution in [3.05, 3.63) is 0 Å². The lowest BCUT2D eigenvalue weighted by Crippen LogP contribution is -2.50. The third-order valence-corrected chi connectivity index (χ3v) is 1.71. The van der Waals surface area contributed by atoms with Crippen LogP contribution < -0.4 is 5.84 Å². The normalized spacial score (nSPS) is 12.8. The summed E-state index contributed by atoms with van der Waals surface area (Å²) in [5.41, 5.74) is 0. The van der Waals surface area contributed by atoms with Crippen LogP contribution in [-0.2, 0) is 9.59 Å². The molecule has 0 radical (unpaired) electrons. The van der Waals surface area contributed by atoms with Gasteiger partial charge in [-0.1, -0.05) is 13.8 Å². The van der Waals surface area contributed by atoms with Gasteiger partial charge in [0.05, 0.1) is 0 Å². The second-order valence-electron chi connectivity index (χ2n) is 3.23. The Bertz CT molecular complexity index is 189. The zero-order valence-electron chi connectivity index (χ0n) is 8.00. The fourth-order valence-electron chi connectivity index (χ4n) is 1.18. The van der Waals surface area contributed by atoms with E-state index in [0.717, 1.165) is 5.01 Å². The molecular weight excluding hydrogens is 156 g/mol. The van der Waals surface area contributed by atoms with Crippen molar-refractivity contribution in [2.24, 2.45) is 11.8 Å². The van der Waals surface area contributed by atoms with Gasteiger partial charge in [0.25, 0.3) is 0 Å². The largest absolute Gasteiger partial charge is 0.298 e. The number of carbonyl (C=O) groups excluding carboxylic acids is 2. The molecule has 1 amide bonds. The number of carbonyl (C=O) groups is 2. The Kier molecular flexibility index (Phi) is 3.89. The molecule has 2 N–H and O–H groups in total. The highest BCUT2D eigenvalue weighted by atomic mass is 16.2. The van der Waals surface area contributed by atoms with Gasteiger partial charge < -0.3 is 0 Å². The van der Waals surface area contributed by atoms with Gasteiger partial charge in [-0.25, -0.2) is 5.84 Å². The van der Waals surface area contributed by atoms with Crippen LogP contribution in [0.2, 0.25) is 0 Å². The number of hydrogen-bond acceptors (Lipinski definition) is 3. The van der Waals surface area contributed by atoms with Crippen LogP contribution in [0.15, 0.2) is 0 Å². The monoisotopic (exact) mass is 172 g/mol. The quantitative estimate of drug-likeness (QED) is 0.379. The predicted molar refractivity (Wildman–Crippen MR) is 46.0 cm³/mol. The van der Waals surface area contributed by atoms with E-state index in [4.69, 9.17) is 5.84 Å². The van der Waals surface area contributed by atoms with Crippen LogP contribution >= 0.6 is 0 Å². The summed E-state index contributed by atoms with van der Waals surface area (Å²) in [5.74, 6) is 5.11. The highest BCUT2D eigenvalue weighted by molar-refractivity contribution is 5.86. The maximum atomic E-state index is 11.1. The van der Waals surface area contributed by atoms with Gasteiger partial charge in [0, 0.05) is 6.92 Å². The summed E-state index contributed by atoms with van der Waals surface area (Å²) in [4.78, 5) is 21.9. The Labute approximate surface area is 72.7 Å². The summed E-state index contributed by atoms with van der Waals surface area (Å²) in [6.45, 7) is 6.50. The number of hydrazine groups is 1. The van der Waals surface area contributed by atoms with E-state index in [1.54, 1.807) is 0 Å². The van der Waals surface area contributed by atoms with Crippen molar-refractivity contribution in [1.29, 1.82) is 0 Å². The molecule has 0 rings (SSSR count). The van der Waals surface area contributed by atoms with E-state index in [1.165, 1.54) is 13.8 Å². The summed E-state index contributed by atoms with van der Waals surface area (Å²) in [6, 6.07) is -0.498. The van der Waals surface area contributed by atoms with Crippen molar-refractivity contribution < 1.29 is 9.59 Å². The predicted octanol–water partition coefficient (Wildman–Crippen LogP) is 0.322. The summed E-state index contributed by atoms with van der Waals surface area (Å²) >= 11 is 0. The van der Waals surface area contributed by atoms with Gasteiger partial charge in [-0.2, -0.15) is 0 Å². The van der Waals surface area contributed by atoms with Gasteiger partial charge in [-0.15, -0.1) is 0 Å². The molecule has 0 aliphatic heterocycles. The molecule has 0 bridgehead atoms. The zero-order chi connectivity index (χ0) is 9.89. The summed E-state index contributed by atoms with van der Waals surface area (Å²) in [5, 5.41) is 0.993. The van der Waals surface area contributed by atoms with Crippen LogP contribution in [-0.4, -0.2) is 22.7 Å². The lowest BCUT2D eigenvalue weighted by atomic mass is 10.0. The third kappa shape index (κ3) is 2.62. The average molecular weight is 172 g/mol. The Morgan fingerprint density at radius 3 is 1.75 bits per heavy atom. The van der Waals surface area contributed by atoms with Crippen LogP contribution in [0.3, 0.4) is 0 Å². The SMILES string of the molecule is CC(=O)C(C(C)C)N(N)C(C)=O. The van der Waals surface area contributed by atoms with Gasteiger partial charge in [0.1, 0.15) is 6.04 Å². The molecule has 0 aliphatic rings. The van der Waals surface area contributed by atoms with E-state index >= 15 is 0 Å².